The number of halogens is 1. The van der Waals surface area contributed by atoms with E-state index in [9.17, 15) is 5.11 Å². The Balaban J connectivity index is 1.32. The van der Waals surface area contributed by atoms with E-state index in [2.05, 4.69) is 35.0 Å². The molecule has 36 heavy (non-hydrogen) atoms. The van der Waals surface area contributed by atoms with Gasteiger partial charge >= 0.3 is 0 Å². The minimum atomic E-state index is -0.781. The summed E-state index contributed by atoms with van der Waals surface area (Å²) in [4.78, 5) is 7.02. The topological polar surface area (TPSA) is 54.8 Å². The third-order valence-electron chi connectivity index (χ3n) is 7.12. The molecule has 0 bridgehead atoms. The quantitative estimate of drug-likeness (QED) is 0.414. The molecule has 0 atom stereocenters. The number of ether oxygens (including phenoxy) is 2. The zero-order valence-electron chi connectivity index (χ0n) is 20.8. The lowest BCUT2D eigenvalue weighted by Gasteiger charge is -2.38. The Kier molecular flexibility index (Phi) is 7.61. The molecule has 0 saturated carbocycles. The van der Waals surface area contributed by atoms with Crippen molar-refractivity contribution in [3.8, 4) is 11.5 Å². The molecular weight excluding hydrogens is 472 g/mol. The van der Waals surface area contributed by atoms with E-state index in [0.717, 1.165) is 71.9 Å². The molecule has 3 aromatic rings. The lowest BCUT2D eigenvalue weighted by atomic mass is 9.84. The van der Waals surface area contributed by atoms with E-state index >= 15 is 0 Å². The van der Waals surface area contributed by atoms with E-state index in [0.29, 0.717) is 31.1 Å². The van der Waals surface area contributed by atoms with Crippen molar-refractivity contribution >= 4 is 17.2 Å². The van der Waals surface area contributed by atoms with E-state index in [1.807, 2.05) is 48.7 Å². The van der Waals surface area contributed by atoms with Gasteiger partial charge in [-0.2, -0.15) is 0 Å². The van der Waals surface area contributed by atoms with Crippen LogP contribution in [0, 0.1) is 0 Å². The number of hydrogen-bond donors (Lipinski definition) is 1. The van der Waals surface area contributed by atoms with Gasteiger partial charge in [0.2, 0.25) is 0 Å². The maximum absolute atomic E-state index is 11.2. The Labute approximate surface area is 218 Å². The van der Waals surface area contributed by atoms with Gasteiger partial charge in [-0.15, -0.1) is 0 Å². The van der Waals surface area contributed by atoms with Gasteiger partial charge in [-0.05, 0) is 73.2 Å². The average molecular weight is 505 g/mol. The maximum atomic E-state index is 11.2. The fourth-order valence-corrected chi connectivity index (χ4v) is 5.18. The van der Waals surface area contributed by atoms with Crippen LogP contribution in [-0.4, -0.2) is 41.2 Å². The Hall–Kier alpha value is -2.86. The highest BCUT2D eigenvalue weighted by Crippen LogP contribution is 2.39. The van der Waals surface area contributed by atoms with E-state index in [1.165, 1.54) is 0 Å². The van der Waals surface area contributed by atoms with Gasteiger partial charge in [0.15, 0.2) is 0 Å². The molecule has 1 fully saturated rings. The van der Waals surface area contributed by atoms with E-state index in [1.54, 1.807) is 0 Å². The number of aliphatic hydroxyl groups is 1. The van der Waals surface area contributed by atoms with Crippen molar-refractivity contribution in [3.63, 3.8) is 0 Å². The summed E-state index contributed by atoms with van der Waals surface area (Å²) in [6, 6.07) is 17.8. The molecule has 5 rings (SSSR count). The maximum Gasteiger partial charge on any atom is 0.131 e. The predicted octanol–water partition coefficient (Wildman–Crippen LogP) is 6.22. The lowest BCUT2D eigenvalue weighted by molar-refractivity contribution is -0.0254. The molecule has 2 aromatic carbocycles. The molecule has 0 aliphatic carbocycles. The van der Waals surface area contributed by atoms with E-state index in [4.69, 9.17) is 21.1 Å². The molecule has 2 aliphatic heterocycles. The van der Waals surface area contributed by atoms with Crippen molar-refractivity contribution in [2.45, 2.75) is 44.8 Å². The van der Waals surface area contributed by atoms with Crippen LogP contribution in [0.3, 0.4) is 0 Å². The molecule has 2 aliphatic rings. The first kappa shape index (κ1) is 24.8. The van der Waals surface area contributed by atoms with Crippen molar-refractivity contribution in [1.29, 1.82) is 0 Å². The number of hydrogen-bond acceptors (Lipinski definition) is 5. The highest BCUT2D eigenvalue weighted by molar-refractivity contribution is 6.30. The fraction of sp³-hybridized carbons (Fsp3) is 0.367. The van der Waals surface area contributed by atoms with Crippen LogP contribution >= 0.6 is 11.6 Å². The van der Waals surface area contributed by atoms with Gasteiger partial charge in [0.25, 0.3) is 0 Å². The molecular formula is C30H33ClN2O3. The summed E-state index contributed by atoms with van der Waals surface area (Å²) >= 11 is 6.03. The van der Waals surface area contributed by atoms with Crippen LogP contribution in [-0.2, 0) is 12.2 Å². The number of piperidine rings is 1. The van der Waals surface area contributed by atoms with Gasteiger partial charge in [-0.1, -0.05) is 42.8 Å². The number of nitrogens with zero attached hydrogens (tertiary/aromatic N) is 2. The minimum absolute atomic E-state index is 0.449. The summed E-state index contributed by atoms with van der Waals surface area (Å²) in [5, 5.41) is 11.9. The molecule has 0 spiro atoms. The summed E-state index contributed by atoms with van der Waals surface area (Å²) in [5.41, 5.74) is 4.42. The molecule has 0 radical (unpaired) electrons. The number of benzene rings is 2. The molecule has 3 heterocycles. The van der Waals surface area contributed by atoms with Crippen LogP contribution < -0.4 is 9.47 Å². The van der Waals surface area contributed by atoms with E-state index in [-0.39, 0.29) is 0 Å². The summed E-state index contributed by atoms with van der Waals surface area (Å²) in [5.74, 6) is 1.71. The van der Waals surface area contributed by atoms with Gasteiger partial charge < -0.3 is 19.5 Å². The molecule has 1 saturated heterocycles. The summed E-state index contributed by atoms with van der Waals surface area (Å²) in [7, 11) is 0. The summed E-state index contributed by atoms with van der Waals surface area (Å²) < 4.78 is 12.1. The zero-order chi connectivity index (χ0) is 25.0. The standard InChI is InChI=1S/C30H33ClN2O3/c1-2-19-35-24-11-12-29-27(20-24)25(26-5-3-15-32-28(26)21-36-29)6-4-16-33-17-13-30(34,14-18-33)22-7-9-23(31)10-8-22/h3,5-12,15,20,34H,2,4,13-14,16-19,21H2,1H3. The fourth-order valence-electron chi connectivity index (χ4n) is 5.05. The first-order valence-electron chi connectivity index (χ1n) is 12.8. The van der Waals surface area contributed by atoms with Crippen LogP contribution in [0.2, 0.25) is 5.02 Å². The SMILES string of the molecule is CCCOc1ccc2c(c1)C(=CCCN1CCC(O)(c3ccc(Cl)cc3)CC1)c1cccnc1CO2. The number of likely N-dealkylation sites (tertiary alicyclic amines) is 1. The van der Waals surface area contributed by atoms with Gasteiger partial charge in [-0.25, -0.2) is 0 Å². The highest BCUT2D eigenvalue weighted by Gasteiger charge is 2.33. The van der Waals surface area contributed by atoms with Crippen LogP contribution in [0.25, 0.3) is 5.57 Å². The molecule has 6 heteroatoms. The Morgan fingerprint density at radius 1 is 1.11 bits per heavy atom. The minimum Gasteiger partial charge on any atom is -0.494 e. The number of rotatable bonds is 7. The average Bonchev–Trinajstić information content (AvgIpc) is 3.06. The second kappa shape index (κ2) is 11.0. The van der Waals surface area contributed by atoms with Crippen LogP contribution in [0.1, 0.15) is 55.0 Å². The number of fused-ring (bicyclic) bond motifs is 2. The molecule has 1 N–H and O–H groups in total. The predicted molar refractivity (Wildman–Crippen MR) is 144 cm³/mol. The first-order chi connectivity index (χ1) is 17.6. The van der Waals surface area contributed by atoms with Gasteiger partial charge in [0.05, 0.1) is 17.9 Å². The summed E-state index contributed by atoms with van der Waals surface area (Å²) in [6.45, 7) is 5.89. The molecule has 0 amide bonds. The Bertz CT molecular complexity index is 1220. The van der Waals surface area contributed by atoms with Gasteiger partial charge in [0, 0.05) is 42.0 Å². The molecule has 188 valence electrons. The van der Waals surface area contributed by atoms with Gasteiger partial charge in [-0.3, -0.25) is 4.98 Å². The zero-order valence-corrected chi connectivity index (χ0v) is 21.5. The number of aromatic nitrogens is 1. The molecule has 5 nitrogen and oxygen atoms in total. The molecule has 1 aromatic heterocycles. The van der Waals surface area contributed by atoms with Crippen molar-refractivity contribution in [2.24, 2.45) is 0 Å². The van der Waals surface area contributed by atoms with Crippen LogP contribution in [0.15, 0.2) is 66.9 Å². The summed E-state index contributed by atoms with van der Waals surface area (Å²) in [6.07, 6.45) is 7.41. The van der Waals surface area contributed by atoms with Gasteiger partial charge in [0.1, 0.15) is 18.1 Å². The number of pyridine rings is 1. The normalized spacial score (nSPS) is 18.1. The second-order valence-corrected chi connectivity index (χ2v) is 10.0. The second-order valence-electron chi connectivity index (χ2n) is 9.58. The van der Waals surface area contributed by atoms with Crippen molar-refractivity contribution in [2.75, 3.05) is 26.2 Å². The first-order valence-corrected chi connectivity index (χ1v) is 13.2. The molecule has 0 unspecified atom stereocenters. The van der Waals surface area contributed by atoms with Crippen LogP contribution in [0.4, 0.5) is 0 Å². The lowest BCUT2D eigenvalue weighted by Crippen LogP contribution is -2.42. The Morgan fingerprint density at radius 3 is 2.69 bits per heavy atom. The van der Waals surface area contributed by atoms with Crippen LogP contribution in [0.5, 0.6) is 11.5 Å². The van der Waals surface area contributed by atoms with Crippen molar-refractivity contribution in [1.82, 2.24) is 9.88 Å². The van der Waals surface area contributed by atoms with Crippen molar-refractivity contribution in [3.05, 3.63) is 94.3 Å². The van der Waals surface area contributed by atoms with E-state index < -0.39 is 5.60 Å². The van der Waals surface area contributed by atoms with Crippen molar-refractivity contribution < 1.29 is 14.6 Å². The Morgan fingerprint density at radius 2 is 1.92 bits per heavy atom. The third kappa shape index (κ3) is 5.44. The monoisotopic (exact) mass is 504 g/mol. The smallest absolute Gasteiger partial charge is 0.131 e. The third-order valence-corrected chi connectivity index (χ3v) is 7.37. The highest BCUT2D eigenvalue weighted by atomic mass is 35.5. The largest absolute Gasteiger partial charge is 0.494 e.